The third-order valence-electron chi connectivity index (χ3n) is 7.32. The van der Waals surface area contributed by atoms with E-state index in [0.29, 0.717) is 23.4 Å². The van der Waals surface area contributed by atoms with Gasteiger partial charge in [0.15, 0.2) is 5.13 Å². The zero-order chi connectivity index (χ0) is 20.3. The lowest BCUT2D eigenvalue weighted by atomic mass is 9.54. The summed E-state index contributed by atoms with van der Waals surface area (Å²) in [5, 5.41) is 5.68. The van der Waals surface area contributed by atoms with Gasteiger partial charge in [-0.05, 0) is 36.1 Å². The molecule has 29 heavy (non-hydrogen) atoms. The fourth-order valence-electron chi connectivity index (χ4n) is 5.87. The molecule has 154 valence electrons. The molecule has 0 radical (unpaired) electrons. The Kier molecular flexibility index (Phi) is 4.59. The zero-order valence-corrected chi connectivity index (χ0v) is 18.6. The monoisotopic (exact) mass is 430 g/mol. The number of hydrogen-bond acceptors (Lipinski definition) is 6. The van der Waals surface area contributed by atoms with Crippen LogP contribution in [0.25, 0.3) is 0 Å². The lowest BCUT2D eigenvalue weighted by Gasteiger charge is -2.51. The molecule has 7 heteroatoms. The molecular weight excluding hydrogens is 404 g/mol. The average Bonchev–Trinajstić information content (AvgIpc) is 3.36. The van der Waals surface area contributed by atoms with Crippen LogP contribution in [0.3, 0.4) is 0 Å². The summed E-state index contributed by atoms with van der Waals surface area (Å²) in [7, 11) is 0. The van der Waals surface area contributed by atoms with E-state index >= 15 is 0 Å². The Bertz CT molecular complexity index is 953. The predicted molar refractivity (Wildman–Crippen MR) is 114 cm³/mol. The molecule has 3 aliphatic rings. The highest BCUT2D eigenvalue weighted by molar-refractivity contribution is 7.16. The number of carbonyl (C=O) groups excluding carboxylic acids is 2. The normalized spacial score (nSPS) is 35.4. The summed E-state index contributed by atoms with van der Waals surface area (Å²) in [6, 6.07) is 3.94. The molecule has 5 nitrogen and oxygen atoms in total. The van der Waals surface area contributed by atoms with Gasteiger partial charge in [-0.3, -0.25) is 9.59 Å². The van der Waals surface area contributed by atoms with Gasteiger partial charge in [0, 0.05) is 27.5 Å². The van der Waals surface area contributed by atoms with Gasteiger partial charge in [-0.15, -0.1) is 22.7 Å². The number of rotatable bonds is 3. The van der Waals surface area contributed by atoms with Crippen molar-refractivity contribution >= 4 is 39.7 Å². The summed E-state index contributed by atoms with van der Waals surface area (Å²) >= 11 is 3.21. The topological polar surface area (TPSA) is 68.3 Å². The number of amides is 1. The van der Waals surface area contributed by atoms with Crippen molar-refractivity contribution < 1.29 is 14.3 Å². The molecule has 1 saturated carbocycles. The number of nitrogens with zero attached hydrogens (tertiary/aromatic N) is 1. The van der Waals surface area contributed by atoms with Crippen LogP contribution in [0.2, 0.25) is 0 Å². The summed E-state index contributed by atoms with van der Waals surface area (Å²) in [6.07, 6.45) is 3.50. The molecule has 2 aliphatic carbocycles. The van der Waals surface area contributed by atoms with Crippen LogP contribution in [-0.2, 0) is 27.2 Å². The number of fused-ring (bicyclic) bond motifs is 4. The number of esters is 1. The van der Waals surface area contributed by atoms with Gasteiger partial charge in [-0.25, -0.2) is 4.98 Å². The van der Waals surface area contributed by atoms with Gasteiger partial charge in [0.1, 0.15) is 6.10 Å². The molecule has 1 N–H and O–H groups in total. The highest BCUT2D eigenvalue weighted by atomic mass is 32.1. The molecular formula is C22H26N2O3S2. The van der Waals surface area contributed by atoms with E-state index in [-0.39, 0.29) is 35.2 Å². The number of ether oxygens (including phenoxy) is 1. The second-order valence-electron chi connectivity index (χ2n) is 9.17. The Morgan fingerprint density at radius 2 is 2.21 bits per heavy atom. The van der Waals surface area contributed by atoms with E-state index in [2.05, 4.69) is 19.2 Å². The summed E-state index contributed by atoms with van der Waals surface area (Å²) in [4.78, 5) is 31.8. The van der Waals surface area contributed by atoms with Gasteiger partial charge in [-0.1, -0.05) is 26.8 Å². The Morgan fingerprint density at radius 3 is 2.97 bits per heavy atom. The highest BCUT2D eigenvalue weighted by Gasteiger charge is 2.58. The van der Waals surface area contributed by atoms with Crippen LogP contribution in [0.15, 0.2) is 17.5 Å². The quantitative estimate of drug-likeness (QED) is 0.721. The van der Waals surface area contributed by atoms with Crippen molar-refractivity contribution in [1.82, 2.24) is 4.98 Å². The third kappa shape index (κ3) is 3.13. The van der Waals surface area contributed by atoms with Gasteiger partial charge in [0.05, 0.1) is 18.0 Å². The van der Waals surface area contributed by atoms with Gasteiger partial charge >= 0.3 is 5.97 Å². The van der Waals surface area contributed by atoms with Gasteiger partial charge < -0.3 is 10.1 Å². The van der Waals surface area contributed by atoms with Crippen molar-refractivity contribution in [2.75, 3.05) is 5.32 Å². The minimum atomic E-state index is -0.0398. The number of carbonyl (C=O) groups is 2. The number of thiophene rings is 1. The maximum absolute atomic E-state index is 12.4. The van der Waals surface area contributed by atoms with E-state index in [1.165, 1.54) is 4.88 Å². The number of anilines is 1. The molecule has 0 bridgehead atoms. The second-order valence-corrected chi connectivity index (χ2v) is 11.3. The van der Waals surface area contributed by atoms with Gasteiger partial charge in [0.25, 0.3) is 0 Å². The van der Waals surface area contributed by atoms with E-state index in [9.17, 15) is 9.59 Å². The van der Waals surface area contributed by atoms with Crippen LogP contribution in [0.4, 0.5) is 5.13 Å². The summed E-state index contributed by atoms with van der Waals surface area (Å²) in [5.74, 6) is 0.776. The van der Waals surface area contributed by atoms with E-state index < -0.39 is 0 Å². The van der Waals surface area contributed by atoms with E-state index in [0.717, 1.165) is 29.8 Å². The van der Waals surface area contributed by atoms with Crippen molar-refractivity contribution in [3.8, 4) is 0 Å². The maximum Gasteiger partial charge on any atom is 0.309 e. The van der Waals surface area contributed by atoms with E-state index in [1.54, 1.807) is 22.7 Å². The van der Waals surface area contributed by atoms with Crippen LogP contribution < -0.4 is 5.32 Å². The van der Waals surface area contributed by atoms with Crippen molar-refractivity contribution in [2.24, 2.45) is 23.2 Å². The lowest BCUT2D eigenvalue weighted by molar-refractivity contribution is -0.149. The first-order chi connectivity index (χ1) is 13.9. The zero-order valence-electron chi connectivity index (χ0n) is 16.9. The molecule has 3 heterocycles. The van der Waals surface area contributed by atoms with E-state index in [4.69, 9.17) is 9.72 Å². The summed E-state index contributed by atoms with van der Waals surface area (Å²) < 4.78 is 5.90. The Morgan fingerprint density at radius 1 is 1.38 bits per heavy atom. The fraction of sp³-hybridized carbons (Fsp3) is 0.591. The van der Waals surface area contributed by atoms with Crippen molar-refractivity contribution in [3.63, 3.8) is 0 Å². The number of thiazole rings is 1. The molecule has 5 rings (SSSR count). The average molecular weight is 431 g/mol. The Hall–Kier alpha value is -1.73. The Labute approximate surface area is 178 Å². The first kappa shape index (κ1) is 19.2. The van der Waals surface area contributed by atoms with Gasteiger partial charge in [-0.2, -0.15) is 0 Å². The lowest BCUT2D eigenvalue weighted by Crippen LogP contribution is -2.50. The largest absolute Gasteiger partial charge is 0.461 e. The van der Waals surface area contributed by atoms with Crippen LogP contribution in [0, 0.1) is 23.2 Å². The van der Waals surface area contributed by atoms with Crippen molar-refractivity contribution in [2.45, 2.75) is 58.5 Å². The molecule has 0 unspecified atom stereocenters. The molecule has 0 spiro atoms. The standard InChI is InChI=1S/C22H26N2O3S2/c1-11-14-6-7-22(3)10-15-18(12(2)17(22)19(14)27-20(11)26)24-21(29-15)23-16(25)9-13-5-4-8-28-13/h4-5,8,11-12,14,17,19H,6-7,9-10H2,1-3H3,(H,23,24,25)/t11-,12-,14-,17+,19-,22-/m0/s1. The minimum Gasteiger partial charge on any atom is -0.461 e. The smallest absolute Gasteiger partial charge is 0.309 e. The SMILES string of the molecule is C[C@@H]1C(=O)O[C@H]2[C@H]1CC[C@@]1(C)Cc3sc(NC(=O)Cc4cccs4)nc3[C@@H](C)[C@H]21. The Balaban J connectivity index is 1.39. The highest BCUT2D eigenvalue weighted by Crippen LogP contribution is 2.59. The predicted octanol–water partition coefficient (Wildman–Crippen LogP) is 4.64. The summed E-state index contributed by atoms with van der Waals surface area (Å²) in [6.45, 7) is 6.58. The summed E-state index contributed by atoms with van der Waals surface area (Å²) in [5.41, 5.74) is 1.20. The van der Waals surface area contributed by atoms with Crippen LogP contribution >= 0.6 is 22.7 Å². The molecule has 2 aromatic heterocycles. The van der Waals surface area contributed by atoms with Crippen LogP contribution in [0.1, 0.15) is 55.0 Å². The molecule has 6 atom stereocenters. The first-order valence-corrected chi connectivity index (χ1v) is 12.1. The third-order valence-corrected chi connectivity index (χ3v) is 9.18. The number of hydrogen-bond donors (Lipinski definition) is 1. The van der Waals surface area contributed by atoms with Crippen molar-refractivity contribution in [3.05, 3.63) is 33.0 Å². The molecule has 1 saturated heterocycles. The number of aromatic nitrogens is 1. The first-order valence-electron chi connectivity index (χ1n) is 10.4. The molecule has 1 amide bonds. The fourth-order valence-corrected chi connectivity index (χ4v) is 7.85. The van der Waals surface area contributed by atoms with Crippen molar-refractivity contribution in [1.29, 1.82) is 0 Å². The van der Waals surface area contributed by atoms with Gasteiger partial charge in [0.2, 0.25) is 5.91 Å². The van der Waals surface area contributed by atoms with Crippen LogP contribution in [-0.4, -0.2) is 23.0 Å². The molecule has 1 aliphatic heterocycles. The molecule has 2 aromatic rings. The molecule has 2 fully saturated rings. The minimum absolute atomic E-state index is 0.000631. The second kappa shape index (κ2) is 6.91. The number of nitrogens with one attached hydrogen (secondary N) is 1. The van der Waals surface area contributed by atoms with Crippen LogP contribution in [0.5, 0.6) is 0 Å². The maximum atomic E-state index is 12.4. The van der Waals surface area contributed by atoms with E-state index in [1.807, 2.05) is 24.4 Å². The molecule has 0 aromatic carbocycles.